The number of amides is 1. The van der Waals surface area contributed by atoms with E-state index in [4.69, 9.17) is 10.7 Å². The van der Waals surface area contributed by atoms with Crippen molar-refractivity contribution in [3.05, 3.63) is 35.9 Å². The number of anilines is 1. The molecule has 3 atom stereocenters. The Balaban J connectivity index is 1.44. The van der Waals surface area contributed by atoms with Crippen LogP contribution in [0.2, 0.25) is 0 Å². The lowest BCUT2D eigenvalue weighted by Crippen LogP contribution is -2.47. The SMILES string of the molecule is CS(=O)(=O)c1c([C@H]2C[C@H]3CC[C@@H](C2)N3C(=O)CO)nc2c(-c3ccc(C4CCC4)nc3)cnn2c1N. The van der Waals surface area contributed by atoms with Crippen LogP contribution < -0.4 is 5.73 Å². The van der Waals surface area contributed by atoms with E-state index >= 15 is 0 Å². The lowest BCUT2D eigenvalue weighted by Gasteiger charge is -2.39. The van der Waals surface area contributed by atoms with E-state index in [9.17, 15) is 18.3 Å². The number of fused-ring (bicyclic) bond motifs is 3. The third-order valence-corrected chi connectivity index (χ3v) is 9.36. The highest BCUT2D eigenvalue weighted by molar-refractivity contribution is 7.91. The predicted molar refractivity (Wildman–Crippen MR) is 133 cm³/mol. The maximum Gasteiger partial charge on any atom is 0.248 e. The number of carbonyl (C=O) groups is 1. The maximum absolute atomic E-state index is 12.9. The van der Waals surface area contributed by atoms with Gasteiger partial charge in [0.15, 0.2) is 15.5 Å². The molecular formula is C25H30N6O4S. The second-order valence-corrected chi connectivity index (χ2v) is 12.3. The van der Waals surface area contributed by atoms with Crippen LogP contribution in [0.1, 0.15) is 68.2 Å². The molecule has 3 aromatic rings. The van der Waals surface area contributed by atoms with Crippen molar-refractivity contribution >= 4 is 27.2 Å². The molecule has 5 heterocycles. The number of aliphatic hydroxyl groups is 1. The molecule has 0 spiro atoms. The molecule has 2 saturated heterocycles. The zero-order chi connectivity index (χ0) is 25.2. The van der Waals surface area contributed by atoms with Crippen molar-refractivity contribution in [3.63, 3.8) is 0 Å². The Kier molecular flexibility index (Phi) is 5.52. The number of hydrogen-bond acceptors (Lipinski definition) is 8. The molecule has 0 radical (unpaired) electrons. The van der Waals surface area contributed by atoms with Gasteiger partial charge in [-0.3, -0.25) is 9.78 Å². The Morgan fingerprint density at radius 1 is 1.11 bits per heavy atom. The number of hydrogen-bond donors (Lipinski definition) is 2. The highest BCUT2D eigenvalue weighted by Gasteiger charge is 2.45. The molecule has 190 valence electrons. The monoisotopic (exact) mass is 510 g/mol. The zero-order valence-corrected chi connectivity index (χ0v) is 21.0. The minimum atomic E-state index is -3.70. The van der Waals surface area contributed by atoms with Gasteiger partial charge in [0.2, 0.25) is 5.91 Å². The molecule has 1 aliphatic carbocycles. The van der Waals surface area contributed by atoms with Crippen LogP contribution >= 0.6 is 0 Å². The summed E-state index contributed by atoms with van der Waals surface area (Å²) in [5.41, 5.74) is 10.1. The fourth-order valence-corrected chi connectivity index (χ4v) is 7.34. The molecule has 36 heavy (non-hydrogen) atoms. The summed E-state index contributed by atoms with van der Waals surface area (Å²) in [5.74, 6) is 0.121. The highest BCUT2D eigenvalue weighted by Crippen LogP contribution is 2.45. The summed E-state index contributed by atoms with van der Waals surface area (Å²) in [6, 6.07) is 3.96. The van der Waals surface area contributed by atoms with Crippen molar-refractivity contribution in [3.8, 4) is 11.1 Å². The number of pyridine rings is 1. The van der Waals surface area contributed by atoms with E-state index in [-0.39, 0.29) is 34.6 Å². The minimum absolute atomic E-state index is 0.00874. The van der Waals surface area contributed by atoms with Gasteiger partial charge in [0.25, 0.3) is 0 Å². The Bertz CT molecular complexity index is 1430. The standard InChI is InChI=1S/C25H30N6O4S/c1-36(34,35)23-22(16-9-17-6-7-18(10-16)30(17)21(33)13-32)29-25-19(12-28-31(25)24(23)26)15-5-8-20(27-11-15)14-3-2-4-14/h5,8,11-12,14,16-18,32H,2-4,6-7,9-10,13,26H2,1H3/t16-,17+,18-. The predicted octanol–water partition coefficient (Wildman–Crippen LogP) is 2.27. The van der Waals surface area contributed by atoms with Crippen molar-refractivity contribution in [2.45, 2.75) is 73.8 Å². The first-order valence-electron chi connectivity index (χ1n) is 12.5. The Labute approximate surface area is 209 Å². The number of aromatic nitrogens is 4. The highest BCUT2D eigenvalue weighted by atomic mass is 32.2. The topological polar surface area (TPSA) is 144 Å². The number of nitrogens with two attached hydrogens (primary N) is 1. The second-order valence-electron chi connectivity index (χ2n) is 10.4. The van der Waals surface area contributed by atoms with Gasteiger partial charge in [-0.2, -0.15) is 9.61 Å². The number of aliphatic hydroxyl groups excluding tert-OH is 1. The lowest BCUT2D eigenvalue weighted by molar-refractivity contribution is -0.138. The normalized spacial score (nSPS) is 24.3. The summed E-state index contributed by atoms with van der Waals surface area (Å²) in [7, 11) is -3.70. The van der Waals surface area contributed by atoms with Crippen molar-refractivity contribution in [2.75, 3.05) is 18.6 Å². The van der Waals surface area contributed by atoms with E-state index in [1.807, 2.05) is 18.3 Å². The van der Waals surface area contributed by atoms with Gasteiger partial charge in [0.1, 0.15) is 17.3 Å². The van der Waals surface area contributed by atoms with Gasteiger partial charge >= 0.3 is 0 Å². The van der Waals surface area contributed by atoms with E-state index in [1.165, 1.54) is 23.8 Å². The number of rotatable bonds is 5. The molecule has 10 nitrogen and oxygen atoms in total. The fourth-order valence-electron chi connectivity index (χ4n) is 6.28. The summed E-state index contributed by atoms with van der Waals surface area (Å²) >= 11 is 0. The van der Waals surface area contributed by atoms with Crippen LogP contribution in [0.25, 0.3) is 16.8 Å². The molecule has 3 aliphatic rings. The number of nitrogen functional groups attached to an aromatic ring is 1. The van der Waals surface area contributed by atoms with E-state index in [0.29, 0.717) is 30.1 Å². The van der Waals surface area contributed by atoms with Crippen molar-refractivity contribution in [2.24, 2.45) is 0 Å². The molecule has 2 bridgehead atoms. The molecule has 2 aliphatic heterocycles. The largest absolute Gasteiger partial charge is 0.387 e. The quantitative estimate of drug-likeness (QED) is 0.532. The van der Waals surface area contributed by atoms with Crippen LogP contribution in [0.5, 0.6) is 0 Å². The second kappa shape index (κ2) is 8.52. The van der Waals surface area contributed by atoms with Crippen molar-refractivity contribution in [1.29, 1.82) is 0 Å². The summed E-state index contributed by atoms with van der Waals surface area (Å²) < 4.78 is 27.2. The van der Waals surface area contributed by atoms with E-state index in [0.717, 1.165) is 35.9 Å². The minimum Gasteiger partial charge on any atom is -0.387 e. The van der Waals surface area contributed by atoms with Crippen molar-refractivity contribution < 1.29 is 18.3 Å². The summed E-state index contributed by atoms with van der Waals surface area (Å²) in [6.45, 7) is -0.518. The molecule has 6 rings (SSSR count). The Morgan fingerprint density at radius 2 is 1.83 bits per heavy atom. The molecular weight excluding hydrogens is 480 g/mol. The molecule has 1 amide bonds. The molecule has 3 aromatic heterocycles. The first-order chi connectivity index (χ1) is 17.3. The van der Waals surface area contributed by atoms with Gasteiger partial charge in [-0.05, 0) is 44.6 Å². The van der Waals surface area contributed by atoms with Gasteiger partial charge in [-0.15, -0.1) is 0 Å². The molecule has 0 aromatic carbocycles. The number of piperidine rings is 1. The van der Waals surface area contributed by atoms with Crippen LogP contribution in [0.4, 0.5) is 5.82 Å². The number of nitrogens with zero attached hydrogens (tertiary/aromatic N) is 5. The Morgan fingerprint density at radius 3 is 2.39 bits per heavy atom. The van der Waals surface area contributed by atoms with Gasteiger partial charge < -0.3 is 15.7 Å². The van der Waals surface area contributed by atoms with Gasteiger partial charge in [0, 0.05) is 53.2 Å². The van der Waals surface area contributed by atoms with Crippen LogP contribution in [-0.2, 0) is 14.6 Å². The Hall–Kier alpha value is -3.05. The average molecular weight is 511 g/mol. The molecule has 0 unspecified atom stereocenters. The maximum atomic E-state index is 12.9. The fraction of sp³-hybridized carbons (Fsp3) is 0.520. The first-order valence-corrected chi connectivity index (χ1v) is 14.4. The summed E-state index contributed by atoms with van der Waals surface area (Å²) in [5, 5.41) is 13.8. The molecule has 1 saturated carbocycles. The van der Waals surface area contributed by atoms with Crippen LogP contribution in [0.3, 0.4) is 0 Å². The van der Waals surface area contributed by atoms with Crippen LogP contribution in [0.15, 0.2) is 29.4 Å². The molecule has 11 heteroatoms. The third kappa shape index (κ3) is 3.67. The summed E-state index contributed by atoms with van der Waals surface area (Å²) in [4.78, 5) is 23.7. The lowest BCUT2D eigenvalue weighted by atomic mass is 9.82. The molecule has 3 N–H and O–H groups in total. The van der Waals surface area contributed by atoms with E-state index in [2.05, 4.69) is 10.1 Å². The smallest absolute Gasteiger partial charge is 0.248 e. The van der Waals surface area contributed by atoms with Gasteiger partial charge in [-0.25, -0.2) is 13.4 Å². The van der Waals surface area contributed by atoms with E-state index < -0.39 is 16.4 Å². The number of carbonyl (C=O) groups excluding carboxylic acids is 1. The first kappa shape index (κ1) is 23.4. The van der Waals surface area contributed by atoms with Gasteiger partial charge in [0.05, 0.1) is 11.9 Å². The third-order valence-electron chi connectivity index (χ3n) is 8.20. The molecule has 3 fully saturated rings. The number of sulfone groups is 1. The zero-order valence-electron chi connectivity index (χ0n) is 20.2. The van der Waals surface area contributed by atoms with Crippen LogP contribution in [0, 0.1) is 0 Å². The van der Waals surface area contributed by atoms with Crippen LogP contribution in [-0.4, -0.2) is 68.9 Å². The van der Waals surface area contributed by atoms with Gasteiger partial charge in [-0.1, -0.05) is 12.5 Å². The van der Waals surface area contributed by atoms with E-state index in [1.54, 1.807) is 11.1 Å². The van der Waals surface area contributed by atoms with Crippen molar-refractivity contribution in [1.82, 2.24) is 24.5 Å². The average Bonchev–Trinajstić information content (AvgIpc) is 3.35. The summed E-state index contributed by atoms with van der Waals surface area (Å²) in [6.07, 6.45) is 11.0.